The third kappa shape index (κ3) is 4.42. The van der Waals surface area contributed by atoms with Crippen LogP contribution >= 0.6 is 0 Å². The first-order valence-electron chi connectivity index (χ1n) is 11.7. The number of anilines is 1. The van der Waals surface area contributed by atoms with Gasteiger partial charge in [-0.15, -0.1) is 0 Å². The monoisotopic (exact) mass is 481 g/mol. The average molecular weight is 482 g/mol. The summed E-state index contributed by atoms with van der Waals surface area (Å²) in [6, 6.07) is 24.4. The summed E-state index contributed by atoms with van der Waals surface area (Å²) in [7, 11) is 0. The molecule has 8 nitrogen and oxygen atoms in total. The highest BCUT2D eigenvalue weighted by molar-refractivity contribution is 5.98. The van der Waals surface area contributed by atoms with Crippen molar-refractivity contribution in [1.82, 2.24) is 15.8 Å². The maximum absolute atomic E-state index is 12.9. The molecule has 2 aliphatic heterocycles. The van der Waals surface area contributed by atoms with E-state index in [9.17, 15) is 9.59 Å². The van der Waals surface area contributed by atoms with Gasteiger partial charge in [-0.1, -0.05) is 49.0 Å². The van der Waals surface area contributed by atoms with Crippen molar-refractivity contribution < 1.29 is 14.3 Å². The summed E-state index contributed by atoms with van der Waals surface area (Å²) in [6.45, 7) is 4.22. The number of hydrazine groups is 1. The predicted octanol–water partition coefficient (Wildman–Crippen LogP) is 3.68. The summed E-state index contributed by atoms with van der Waals surface area (Å²) in [4.78, 5) is 24.6. The number of rotatable bonds is 7. The third-order valence-corrected chi connectivity index (χ3v) is 6.35. The van der Waals surface area contributed by atoms with Gasteiger partial charge in [-0.25, -0.2) is 5.43 Å². The van der Waals surface area contributed by atoms with Gasteiger partial charge in [0.25, 0.3) is 0 Å². The van der Waals surface area contributed by atoms with Gasteiger partial charge in [0.2, 0.25) is 11.8 Å². The molecule has 36 heavy (non-hydrogen) atoms. The Kier molecular flexibility index (Phi) is 6.18. The van der Waals surface area contributed by atoms with Gasteiger partial charge >= 0.3 is 0 Å². The van der Waals surface area contributed by atoms with Crippen LogP contribution in [-0.4, -0.2) is 23.4 Å². The number of para-hydroxylation sites is 1. The van der Waals surface area contributed by atoms with Gasteiger partial charge in [0, 0.05) is 12.2 Å². The van der Waals surface area contributed by atoms with E-state index in [1.807, 2.05) is 89.9 Å². The lowest BCUT2D eigenvalue weighted by atomic mass is 9.90. The van der Waals surface area contributed by atoms with E-state index in [-0.39, 0.29) is 11.9 Å². The zero-order valence-electron chi connectivity index (χ0n) is 19.6. The SMILES string of the molecule is C=CC(=O)Nc1cccc(C2CCNC3=CC(C(N)=O)(c4ccc(Oc5ccccc5)cc4)NN32)c1. The highest BCUT2D eigenvalue weighted by Crippen LogP contribution is 2.39. The first-order chi connectivity index (χ1) is 17.5. The molecule has 2 aliphatic rings. The lowest BCUT2D eigenvalue weighted by molar-refractivity contribution is -0.124. The number of carbonyl (C=O) groups is 2. The van der Waals surface area contributed by atoms with Crippen LogP contribution in [-0.2, 0) is 15.1 Å². The molecule has 2 amide bonds. The van der Waals surface area contributed by atoms with Crippen LogP contribution < -0.4 is 26.5 Å². The number of fused-ring (bicyclic) bond motifs is 1. The number of carbonyl (C=O) groups excluding carboxylic acids is 2. The summed E-state index contributed by atoms with van der Waals surface area (Å²) >= 11 is 0. The first kappa shape index (κ1) is 23.2. The second kappa shape index (κ2) is 9.59. The Labute approximate surface area is 209 Å². The average Bonchev–Trinajstić information content (AvgIpc) is 3.31. The van der Waals surface area contributed by atoms with Crippen molar-refractivity contribution in [2.24, 2.45) is 5.73 Å². The van der Waals surface area contributed by atoms with Crippen LogP contribution in [0, 0.1) is 0 Å². The summed E-state index contributed by atoms with van der Waals surface area (Å²) in [5.41, 5.74) is 10.5. The van der Waals surface area contributed by atoms with Crippen LogP contribution in [0.5, 0.6) is 11.5 Å². The first-order valence-corrected chi connectivity index (χ1v) is 11.7. The topological polar surface area (TPSA) is 109 Å². The normalized spacial score (nSPS) is 20.5. The van der Waals surface area contributed by atoms with E-state index < -0.39 is 11.4 Å². The van der Waals surface area contributed by atoms with E-state index in [2.05, 4.69) is 22.6 Å². The number of nitrogens with one attached hydrogen (secondary N) is 3. The summed E-state index contributed by atoms with van der Waals surface area (Å²) < 4.78 is 5.89. The highest BCUT2D eigenvalue weighted by Gasteiger charge is 2.47. The molecule has 1 saturated heterocycles. The number of benzene rings is 3. The second-order valence-corrected chi connectivity index (χ2v) is 8.67. The molecular formula is C28H27N5O3. The number of hydrogen-bond acceptors (Lipinski definition) is 6. The van der Waals surface area contributed by atoms with Crippen molar-refractivity contribution in [3.05, 3.63) is 115 Å². The second-order valence-electron chi connectivity index (χ2n) is 8.67. The van der Waals surface area contributed by atoms with Crippen molar-refractivity contribution in [3.8, 4) is 11.5 Å². The van der Waals surface area contributed by atoms with Gasteiger partial charge in [-0.2, -0.15) is 0 Å². The molecule has 0 aromatic heterocycles. The Morgan fingerprint density at radius 2 is 1.81 bits per heavy atom. The van der Waals surface area contributed by atoms with E-state index in [4.69, 9.17) is 10.5 Å². The largest absolute Gasteiger partial charge is 0.457 e. The fourth-order valence-corrected chi connectivity index (χ4v) is 4.56. The number of primary amides is 1. The molecule has 5 rings (SSSR count). The molecule has 0 aliphatic carbocycles. The molecule has 182 valence electrons. The lowest BCUT2D eigenvalue weighted by Crippen LogP contribution is -2.55. The molecule has 3 aromatic carbocycles. The zero-order chi connectivity index (χ0) is 25.1. The molecule has 2 unspecified atom stereocenters. The van der Waals surface area contributed by atoms with Crippen molar-refractivity contribution in [2.45, 2.75) is 18.0 Å². The van der Waals surface area contributed by atoms with Gasteiger partial charge < -0.3 is 21.1 Å². The number of ether oxygens (including phenoxy) is 1. The van der Waals surface area contributed by atoms with Crippen molar-refractivity contribution in [3.63, 3.8) is 0 Å². The standard InChI is InChI=1S/C28H27N5O3/c1-2-26(34)31-21-8-6-7-19(17-21)24-15-16-30-25-18-28(27(29)35,32-33(24)25)20-11-13-23(14-12-20)36-22-9-4-3-5-10-22/h2-14,17-18,24,30,32H,1,15-16H2,(H2,29,35)(H,31,34). The number of nitrogens with zero attached hydrogens (tertiary/aromatic N) is 1. The maximum atomic E-state index is 12.9. The van der Waals surface area contributed by atoms with Gasteiger partial charge in [-0.05, 0) is 66.1 Å². The van der Waals surface area contributed by atoms with Gasteiger partial charge in [0.05, 0.1) is 6.04 Å². The molecular weight excluding hydrogens is 454 g/mol. The van der Waals surface area contributed by atoms with E-state index >= 15 is 0 Å². The molecule has 0 saturated carbocycles. The van der Waals surface area contributed by atoms with Crippen LogP contribution in [0.1, 0.15) is 23.6 Å². The third-order valence-electron chi connectivity index (χ3n) is 6.35. The fourth-order valence-electron chi connectivity index (χ4n) is 4.56. The zero-order valence-corrected chi connectivity index (χ0v) is 19.6. The number of hydrogen-bond donors (Lipinski definition) is 4. The number of amides is 2. The molecule has 3 aromatic rings. The van der Waals surface area contributed by atoms with Crippen LogP contribution in [0.15, 0.2) is 103 Å². The quantitative estimate of drug-likeness (QED) is 0.384. The van der Waals surface area contributed by atoms with E-state index in [0.29, 0.717) is 17.0 Å². The molecule has 1 fully saturated rings. The minimum atomic E-state index is -1.23. The minimum absolute atomic E-state index is 0.0833. The summed E-state index contributed by atoms with van der Waals surface area (Å²) in [5.74, 6) is 1.36. The molecule has 0 radical (unpaired) electrons. The fraction of sp³-hybridized carbons (Fsp3) is 0.143. The van der Waals surface area contributed by atoms with Crippen LogP contribution in [0.4, 0.5) is 5.69 Å². The Balaban J connectivity index is 1.41. The highest BCUT2D eigenvalue weighted by atomic mass is 16.5. The van der Waals surface area contributed by atoms with Crippen LogP contribution in [0.2, 0.25) is 0 Å². The van der Waals surface area contributed by atoms with Crippen LogP contribution in [0.25, 0.3) is 0 Å². The molecule has 8 heteroatoms. The summed E-state index contributed by atoms with van der Waals surface area (Å²) in [6.07, 6.45) is 3.84. The minimum Gasteiger partial charge on any atom is -0.457 e. The smallest absolute Gasteiger partial charge is 0.248 e. The van der Waals surface area contributed by atoms with Gasteiger partial charge in [-0.3, -0.25) is 14.6 Å². The maximum Gasteiger partial charge on any atom is 0.248 e. The lowest BCUT2D eigenvalue weighted by Gasteiger charge is -2.39. The van der Waals surface area contributed by atoms with Crippen molar-refractivity contribution in [2.75, 3.05) is 11.9 Å². The molecule has 2 atom stereocenters. The Morgan fingerprint density at radius 1 is 1.06 bits per heavy atom. The van der Waals surface area contributed by atoms with E-state index in [1.54, 1.807) is 0 Å². The van der Waals surface area contributed by atoms with Crippen LogP contribution in [0.3, 0.4) is 0 Å². The van der Waals surface area contributed by atoms with E-state index in [0.717, 1.165) is 30.1 Å². The Morgan fingerprint density at radius 3 is 2.53 bits per heavy atom. The van der Waals surface area contributed by atoms with Crippen molar-refractivity contribution in [1.29, 1.82) is 0 Å². The predicted molar refractivity (Wildman–Crippen MR) is 138 cm³/mol. The Hall–Kier alpha value is -4.56. The molecule has 0 spiro atoms. The van der Waals surface area contributed by atoms with Crippen molar-refractivity contribution >= 4 is 17.5 Å². The Bertz CT molecular complexity index is 1320. The number of nitrogens with two attached hydrogens (primary N) is 1. The van der Waals surface area contributed by atoms with E-state index in [1.165, 1.54) is 6.08 Å². The van der Waals surface area contributed by atoms with Gasteiger partial charge in [0.1, 0.15) is 17.3 Å². The summed E-state index contributed by atoms with van der Waals surface area (Å²) in [5, 5.41) is 8.11. The molecule has 5 N–H and O–H groups in total. The molecule has 0 bridgehead atoms. The van der Waals surface area contributed by atoms with Gasteiger partial charge in [0.15, 0.2) is 5.54 Å². The molecule has 2 heterocycles.